The third-order valence-corrected chi connectivity index (χ3v) is 12.4. The number of hydrogen-bond acceptors (Lipinski definition) is 1. The van der Waals surface area contributed by atoms with Gasteiger partial charge >= 0.3 is 0 Å². The van der Waals surface area contributed by atoms with Crippen LogP contribution in [0.5, 0.6) is 0 Å². The van der Waals surface area contributed by atoms with Crippen molar-refractivity contribution in [3.63, 3.8) is 0 Å². The molecule has 0 saturated carbocycles. The summed E-state index contributed by atoms with van der Waals surface area (Å²) in [6, 6.07) is 45.6. The largest absolute Gasteiger partial charge is 0.309 e. The number of allylic oxidation sites excluding steroid dienone is 1. The molecule has 11 rings (SSSR count). The zero-order valence-electron chi connectivity index (χ0n) is 26.9. The third-order valence-electron chi connectivity index (χ3n) is 11.2. The van der Waals surface area contributed by atoms with Gasteiger partial charge in [0, 0.05) is 48.6 Å². The first-order valence-electron chi connectivity index (χ1n) is 17.0. The van der Waals surface area contributed by atoms with E-state index in [1.165, 1.54) is 97.8 Å². The highest BCUT2D eigenvalue weighted by Gasteiger charge is 2.35. The van der Waals surface area contributed by atoms with Crippen LogP contribution < -0.4 is 0 Å². The number of thiophene rings is 1. The van der Waals surface area contributed by atoms with E-state index in [-0.39, 0.29) is 5.41 Å². The number of hydrogen-bond donors (Lipinski definition) is 0. The molecule has 9 aromatic rings. The maximum absolute atomic E-state index is 2.53. The van der Waals surface area contributed by atoms with Gasteiger partial charge in [0.15, 0.2) is 0 Å². The maximum Gasteiger partial charge on any atom is 0.0719 e. The Balaban J connectivity index is 1.26. The van der Waals surface area contributed by atoms with E-state index in [0.717, 1.165) is 12.8 Å². The summed E-state index contributed by atoms with van der Waals surface area (Å²) in [7, 11) is 0. The number of para-hydroxylation sites is 2. The zero-order chi connectivity index (χ0) is 31.7. The highest BCUT2D eigenvalue weighted by molar-refractivity contribution is 7.20. The van der Waals surface area contributed by atoms with Crippen LogP contribution in [0.15, 0.2) is 127 Å². The topological polar surface area (TPSA) is 9.86 Å². The Morgan fingerprint density at radius 3 is 2.23 bits per heavy atom. The number of rotatable bonds is 2. The van der Waals surface area contributed by atoms with Crippen molar-refractivity contribution in [1.82, 2.24) is 9.13 Å². The standard InChI is InChI=1S/C45H32N2S/c1-45(2)37-17-9-6-14-29(37)30-21-20-28(24-38(30)45)46-39-18-10-7-15-31(39)35-25-36-33-22-23-34-32-16-8-11-19-42(32)48-44(34)43(33)47(41(36)26-40(35)46)27-12-4-3-5-13-27/h3-10,12-18,20-26H,11,19H2,1-2H3. The average molecular weight is 633 g/mol. The molecule has 0 saturated heterocycles. The van der Waals surface area contributed by atoms with Crippen LogP contribution in [0.1, 0.15) is 41.8 Å². The summed E-state index contributed by atoms with van der Waals surface area (Å²) in [6.45, 7) is 4.74. The Morgan fingerprint density at radius 1 is 0.562 bits per heavy atom. The predicted molar refractivity (Wildman–Crippen MR) is 205 cm³/mol. The highest BCUT2D eigenvalue weighted by Crippen LogP contribution is 2.50. The molecule has 0 N–H and O–H groups in total. The van der Waals surface area contributed by atoms with E-state index in [1.807, 2.05) is 11.3 Å². The second-order valence-electron chi connectivity index (χ2n) is 14.0. The Kier molecular flexibility index (Phi) is 5.20. The minimum atomic E-state index is -0.0614. The van der Waals surface area contributed by atoms with Crippen molar-refractivity contribution in [2.24, 2.45) is 0 Å². The molecule has 228 valence electrons. The molecule has 48 heavy (non-hydrogen) atoms. The summed E-state index contributed by atoms with van der Waals surface area (Å²) in [5.74, 6) is 0. The third kappa shape index (κ3) is 3.37. The van der Waals surface area contributed by atoms with E-state index in [2.05, 4.69) is 156 Å². The van der Waals surface area contributed by atoms with E-state index in [0.29, 0.717) is 0 Å². The van der Waals surface area contributed by atoms with Crippen LogP contribution in [0.4, 0.5) is 0 Å². The van der Waals surface area contributed by atoms with Crippen LogP contribution >= 0.6 is 11.3 Å². The minimum Gasteiger partial charge on any atom is -0.309 e. The fraction of sp³-hybridized carbons (Fsp3) is 0.111. The second kappa shape index (κ2) is 9.37. The van der Waals surface area contributed by atoms with Gasteiger partial charge in [0.25, 0.3) is 0 Å². The lowest BCUT2D eigenvalue weighted by molar-refractivity contribution is 0.660. The minimum absolute atomic E-state index is 0.0614. The number of aryl methyl sites for hydroxylation is 1. The van der Waals surface area contributed by atoms with Gasteiger partial charge in [-0.2, -0.15) is 0 Å². The first-order chi connectivity index (χ1) is 23.6. The quantitative estimate of drug-likeness (QED) is 0.179. The molecule has 3 heterocycles. The van der Waals surface area contributed by atoms with Crippen molar-refractivity contribution < 1.29 is 0 Å². The number of nitrogens with zero attached hydrogens (tertiary/aromatic N) is 2. The van der Waals surface area contributed by atoms with Crippen LogP contribution in [-0.2, 0) is 11.8 Å². The molecule has 6 aromatic carbocycles. The molecule has 0 unspecified atom stereocenters. The SMILES string of the molecule is CC1(C)c2ccccc2-c2ccc(-n3c4ccccc4c4cc5c6ccc7c8c(sc7c6n(-c6ccccc6)c5cc43)CCC=C8)cc21. The lowest BCUT2D eigenvalue weighted by Crippen LogP contribution is -2.15. The summed E-state index contributed by atoms with van der Waals surface area (Å²) in [5, 5.41) is 6.58. The average Bonchev–Trinajstić information content (AvgIpc) is 3.83. The van der Waals surface area contributed by atoms with Crippen LogP contribution in [0.25, 0.3) is 82.3 Å². The van der Waals surface area contributed by atoms with E-state index in [9.17, 15) is 0 Å². The predicted octanol–water partition coefficient (Wildman–Crippen LogP) is 12.4. The zero-order valence-corrected chi connectivity index (χ0v) is 27.7. The molecule has 0 amide bonds. The van der Waals surface area contributed by atoms with Gasteiger partial charge in [-0.15, -0.1) is 11.3 Å². The van der Waals surface area contributed by atoms with Crippen LogP contribution in [0.3, 0.4) is 0 Å². The molecule has 2 aliphatic rings. The highest BCUT2D eigenvalue weighted by atomic mass is 32.1. The second-order valence-corrected chi connectivity index (χ2v) is 15.1. The summed E-state index contributed by atoms with van der Waals surface area (Å²) in [5.41, 5.74) is 14.3. The molecule has 3 aromatic heterocycles. The normalized spacial score (nSPS) is 14.8. The Bertz CT molecular complexity index is 2860. The Morgan fingerprint density at radius 2 is 1.31 bits per heavy atom. The molecule has 2 aliphatic carbocycles. The van der Waals surface area contributed by atoms with Crippen molar-refractivity contribution in [1.29, 1.82) is 0 Å². The molecule has 3 heteroatoms. The van der Waals surface area contributed by atoms with Gasteiger partial charge in [0.2, 0.25) is 0 Å². The lowest BCUT2D eigenvalue weighted by Gasteiger charge is -2.22. The summed E-state index contributed by atoms with van der Waals surface area (Å²) in [6.07, 6.45) is 6.93. The molecule has 0 bridgehead atoms. The summed E-state index contributed by atoms with van der Waals surface area (Å²) < 4.78 is 6.42. The van der Waals surface area contributed by atoms with Crippen molar-refractivity contribution in [3.8, 4) is 22.5 Å². The molecule has 0 fully saturated rings. The smallest absolute Gasteiger partial charge is 0.0719 e. The van der Waals surface area contributed by atoms with Crippen molar-refractivity contribution in [2.75, 3.05) is 0 Å². The molecule has 0 aliphatic heterocycles. The van der Waals surface area contributed by atoms with E-state index in [4.69, 9.17) is 0 Å². The van der Waals surface area contributed by atoms with Gasteiger partial charge in [-0.25, -0.2) is 0 Å². The van der Waals surface area contributed by atoms with Gasteiger partial charge in [-0.1, -0.05) is 105 Å². The molecule has 0 radical (unpaired) electrons. The van der Waals surface area contributed by atoms with E-state index in [1.54, 1.807) is 0 Å². The molecule has 0 atom stereocenters. The molecule has 0 spiro atoms. The molecular formula is C45H32N2S. The van der Waals surface area contributed by atoms with Gasteiger partial charge in [-0.05, 0) is 83.1 Å². The van der Waals surface area contributed by atoms with Crippen molar-refractivity contribution in [3.05, 3.63) is 149 Å². The van der Waals surface area contributed by atoms with Crippen molar-refractivity contribution >= 4 is 71.1 Å². The summed E-state index contributed by atoms with van der Waals surface area (Å²) in [4.78, 5) is 1.51. The van der Waals surface area contributed by atoms with Crippen LogP contribution in [0.2, 0.25) is 0 Å². The van der Waals surface area contributed by atoms with Gasteiger partial charge in [0.1, 0.15) is 0 Å². The molecule has 2 nitrogen and oxygen atoms in total. The van der Waals surface area contributed by atoms with Gasteiger partial charge < -0.3 is 9.13 Å². The lowest BCUT2D eigenvalue weighted by atomic mass is 9.82. The van der Waals surface area contributed by atoms with E-state index >= 15 is 0 Å². The van der Waals surface area contributed by atoms with Gasteiger partial charge in [0.05, 0.1) is 26.8 Å². The Hall–Kier alpha value is -5.38. The van der Waals surface area contributed by atoms with Crippen LogP contribution in [0, 0.1) is 0 Å². The van der Waals surface area contributed by atoms with Gasteiger partial charge in [-0.3, -0.25) is 0 Å². The first kappa shape index (κ1) is 26.7. The summed E-state index contributed by atoms with van der Waals surface area (Å²) >= 11 is 1.99. The van der Waals surface area contributed by atoms with Crippen LogP contribution in [-0.4, -0.2) is 9.13 Å². The number of fused-ring (bicyclic) bond motifs is 13. The maximum atomic E-state index is 2.53. The fourth-order valence-electron chi connectivity index (χ4n) is 8.92. The number of benzene rings is 6. The molecular weight excluding hydrogens is 601 g/mol. The Labute approximate surface area is 282 Å². The van der Waals surface area contributed by atoms with E-state index < -0.39 is 0 Å². The monoisotopic (exact) mass is 632 g/mol. The fourth-order valence-corrected chi connectivity index (χ4v) is 10.3. The number of aromatic nitrogens is 2. The van der Waals surface area contributed by atoms with Crippen molar-refractivity contribution in [2.45, 2.75) is 32.1 Å². The first-order valence-corrected chi connectivity index (χ1v) is 17.8.